The van der Waals surface area contributed by atoms with Gasteiger partial charge in [0, 0.05) is 25.6 Å². The number of amides is 1. The number of hydrogen-bond acceptors (Lipinski definition) is 4. The maximum atomic E-state index is 12.1. The molecule has 2 aliphatic heterocycles. The first-order valence-electron chi connectivity index (χ1n) is 6.03. The topological polar surface area (TPSA) is 64.8 Å². The third-order valence-electron chi connectivity index (χ3n) is 3.37. The minimum absolute atomic E-state index is 0.152. The lowest BCUT2D eigenvalue weighted by atomic mass is 9.98. The monoisotopic (exact) mass is 228 g/mol. The number of carbonyl (C=O) groups excluding carboxylic acids is 1. The second-order valence-electron chi connectivity index (χ2n) is 4.63. The van der Waals surface area contributed by atoms with Gasteiger partial charge in [-0.1, -0.05) is 0 Å². The number of nitrogens with zero attached hydrogens (tertiary/aromatic N) is 1. The van der Waals surface area contributed by atoms with Crippen molar-refractivity contribution < 1.29 is 14.4 Å². The van der Waals surface area contributed by atoms with E-state index in [4.69, 9.17) is 10.6 Å². The van der Waals surface area contributed by atoms with Crippen molar-refractivity contribution in [2.45, 2.75) is 31.8 Å². The molecule has 0 bridgehead atoms. The van der Waals surface area contributed by atoms with Crippen LogP contribution in [-0.4, -0.2) is 43.2 Å². The summed E-state index contributed by atoms with van der Waals surface area (Å²) in [5.74, 6) is 5.61. The first kappa shape index (κ1) is 11.8. The fraction of sp³-hybridized carbons (Fsp3) is 0.909. The van der Waals surface area contributed by atoms with Crippen molar-refractivity contribution in [3.63, 3.8) is 0 Å². The van der Waals surface area contributed by atoms with Gasteiger partial charge < -0.3 is 14.5 Å². The normalized spacial score (nSPS) is 30.7. The quantitative estimate of drug-likeness (QED) is 0.705. The molecule has 2 N–H and O–H groups in total. The van der Waals surface area contributed by atoms with Crippen LogP contribution in [0.5, 0.6) is 0 Å². The number of rotatable bonds is 3. The van der Waals surface area contributed by atoms with Gasteiger partial charge in [0.25, 0.3) is 5.91 Å². The Balaban J connectivity index is 1.85. The Morgan fingerprint density at radius 2 is 2.31 bits per heavy atom. The van der Waals surface area contributed by atoms with E-state index in [1.54, 1.807) is 0 Å². The van der Waals surface area contributed by atoms with Gasteiger partial charge >= 0.3 is 0 Å². The zero-order valence-electron chi connectivity index (χ0n) is 9.56. The predicted molar refractivity (Wildman–Crippen MR) is 58.4 cm³/mol. The Bertz CT molecular complexity index is 239. The van der Waals surface area contributed by atoms with Crippen LogP contribution in [0.25, 0.3) is 0 Å². The number of ether oxygens (including phenoxy) is 1. The van der Waals surface area contributed by atoms with Crippen LogP contribution in [0.2, 0.25) is 0 Å². The van der Waals surface area contributed by atoms with E-state index in [1.165, 1.54) is 0 Å². The van der Waals surface area contributed by atoms with E-state index in [0.29, 0.717) is 12.5 Å². The summed E-state index contributed by atoms with van der Waals surface area (Å²) in [7, 11) is 0. The molecular formula is C11H20N2O3. The van der Waals surface area contributed by atoms with Gasteiger partial charge in [-0.25, -0.2) is 5.90 Å². The highest BCUT2D eigenvalue weighted by atomic mass is 16.6. The predicted octanol–water partition coefficient (Wildman–Crippen LogP) is 0.294. The summed E-state index contributed by atoms with van der Waals surface area (Å²) in [5.41, 5.74) is 0. The van der Waals surface area contributed by atoms with Gasteiger partial charge in [0.05, 0.1) is 6.61 Å². The van der Waals surface area contributed by atoms with Crippen LogP contribution in [0.3, 0.4) is 0 Å². The van der Waals surface area contributed by atoms with Gasteiger partial charge in [-0.2, -0.15) is 0 Å². The number of likely N-dealkylation sites (tertiary alicyclic amines) is 1. The smallest absolute Gasteiger partial charge is 0.251 e. The van der Waals surface area contributed by atoms with E-state index in [2.05, 4.69) is 4.84 Å². The van der Waals surface area contributed by atoms with Gasteiger partial charge in [0.1, 0.15) is 6.10 Å². The van der Waals surface area contributed by atoms with Crippen molar-refractivity contribution in [1.82, 2.24) is 4.90 Å². The van der Waals surface area contributed by atoms with E-state index in [0.717, 1.165) is 45.4 Å². The molecule has 1 amide bonds. The first-order valence-corrected chi connectivity index (χ1v) is 6.03. The van der Waals surface area contributed by atoms with Crippen molar-refractivity contribution in [2.75, 3.05) is 26.3 Å². The third kappa shape index (κ3) is 2.72. The molecule has 0 aliphatic carbocycles. The molecule has 0 aromatic rings. The van der Waals surface area contributed by atoms with Crippen molar-refractivity contribution in [3.8, 4) is 0 Å². The van der Waals surface area contributed by atoms with Crippen molar-refractivity contribution >= 4 is 5.91 Å². The van der Waals surface area contributed by atoms with Crippen molar-refractivity contribution in [2.24, 2.45) is 11.8 Å². The summed E-state index contributed by atoms with van der Waals surface area (Å²) in [6.07, 6.45) is 3.80. The molecule has 16 heavy (non-hydrogen) atoms. The number of hydrogen-bond donors (Lipinski definition) is 1. The Hall–Kier alpha value is -0.650. The lowest BCUT2D eigenvalue weighted by Gasteiger charge is -2.33. The molecule has 0 aromatic heterocycles. The van der Waals surface area contributed by atoms with Crippen LogP contribution in [0, 0.1) is 5.92 Å². The zero-order chi connectivity index (χ0) is 11.4. The van der Waals surface area contributed by atoms with E-state index >= 15 is 0 Å². The molecule has 2 unspecified atom stereocenters. The summed E-state index contributed by atoms with van der Waals surface area (Å²) in [5, 5.41) is 0. The molecule has 2 rings (SSSR count). The van der Waals surface area contributed by atoms with E-state index < -0.39 is 0 Å². The number of piperidine rings is 1. The average molecular weight is 228 g/mol. The molecule has 5 nitrogen and oxygen atoms in total. The Kier molecular flexibility index (Phi) is 4.15. The van der Waals surface area contributed by atoms with Crippen LogP contribution < -0.4 is 5.90 Å². The highest BCUT2D eigenvalue weighted by molar-refractivity contribution is 5.81. The molecule has 0 radical (unpaired) electrons. The number of nitrogens with two attached hydrogens (primary N) is 1. The lowest BCUT2D eigenvalue weighted by molar-refractivity contribution is -0.143. The number of carbonyl (C=O) groups is 1. The molecule has 2 atom stereocenters. The first-order chi connectivity index (χ1) is 7.81. The molecule has 2 heterocycles. The molecule has 0 saturated carbocycles. The average Bonchev–Trinajstić information content (AvgIpc) is 2.82. The maximum absolute atomic E-state index is 12.1. The summed E-state index contributed by atoms with van der Waals surface area (Å²) in [4.78, 5) is 18.7. The van der Waals surface area contributed by atoms with Gasteiger partial charge in [-0.3, -0.25) is 4.79 Å². The van der Waals surface area contributed by atoms with Crippen molar-refractivity contribution in [1.29, 1.82) is 0 Å². The van der Waals surface area contributed by atoms with Gasteiger partial charge in [-0.05, 0) is 25.7 Å². The van der Waals surface area contributed by atoms with Crippen molar-refractivity contribution in [3.05, 3.63) is 0 Å². The second-order valence-corrected chi connectivity index (χ2v) is 4.63. The van der Waals surface area contributed by atoms with E-state index in [-0.39, 0.29) is 12.0 Å². The molecule has 2 saturated heterocycles. The van der Waals surface area contributed by atoms with Gasteiger partial charge in [0.2, 0.25) is 0 Å². The van der Waals surface area contributed by atoms with Crippen LogP contribution in [0.4, 0.5) is 0 Å². The third-order valence-corrected chi connectivity index (χ3v) is 3.37. The summed E-state index contributed by atoms with van der Waals surface area (Å²) in [6.45, 7) is 2.87. The molecule has 0 aromatic carbocycles. The molecule has 5 heteroatoms. The standard InChI is InChI=1S/C11H20N2O3/c12-16-8-9-3-1-5-13(7-9)11(14)10-4-2-6-15-10/h9-10H,1-8,12H2. The highest BCUT2D eigenvalue weighted by Crippen LogP contribution is 2.20. The SMILES string of the molecule is NOCC1CCCN(C(=O)C2CCCO2)C1. The largest absolute Gasteiger partial charge is 0.368 e. The Morgan fingerprint density at radius 1 is 1.44 bits per heavy atom. The summed E-state index contributed by atoms with van der Waals surface area (Å²) < 4.78 is 5.42. The highest BCUT2D eigenvalue weighted by Gasteiger charge is 2.31. The molecule has 0 spiro atoms. The van der Waals surface area contributed by atoms with Crippen LogP contribution in [0.1, 0.15) is 25.7 Å². The second kappa shape index (κ2) is 5.61. The maximum Gasteiger partial charge on any atom is 0.251 e. The Labute approximate surface area is 95.8 Å². The van der Waals surface area contributed by atoms with Crippen LogP contribution in [0.15, 0.2) is 0 Å². The van der Waals surface area contributed by atoms with E-state index in [9.17, 15) is 4.79 Å². The van der Waals surface area contributed by atoms with E-state index in [1.807, 2.05) is 4.90 Å². The fourth-order valence-corrected chi connectivity index (χ4v) is 2.51. The minimum Gasteiger partial charge on any atom is -0.368 e. The summed E-state index contributed by atoms with van der Waals surface area (Å²) >= 11 is 0. The minimum atomic E-state index is -0.197. The fourth-order valence-electron chi connectivity index (χ4n) is 2.51. The van der Waals surface area contributed by atoms with Crippen LogP contribution in [-0.2, 0) is 14.4 Å². The van der Waals surface area contributed by atoms with Crippen LogP contribution >= 0.6 is 0 Å². The molecular weight excluding hydrogens is 208 g/mol. The molecule has 2 aliphatic rings. The zero-order valence-corrected chi connectivity index (χ0v) is 9.56. The Morgan fingerprint density at radius 3 is 3.00 bits per heavy atom. The summed E-state index contributed by atoms with van der Waals surface area (Å²) in [6, 6.07) is 0. The lowest BCUT2D eigenvalue weighted by Crippen LogP contribution is -2.45. The molecule has 92 valence electrons. The van der Waals surface area contributed by atoms with Gasteiger partial charge in [-0.15, -0.1) is 0 Å². The van der Waals surface area contributed by atoms with Gasteiger partial charge in [0.15, 0.2) is 0 Å². The molecule has 2 fully saturated rings.